The molecule has 0 unspecified atom stereocenters. The fraction of sp³-hybridized carbons (Fsp3) is 0.786. The summed E-state index contributed by atoms with van der Waals surface area (Å²) in [5.41, 5.74) is 0. The van der Waals surface area contributed by atoms with E-state index in [1.165, 1.54) is 122 Å². The number of hydrogen-bond donors (Lipinski definition) is 0. The summed E-state index contributed by atoms with van der Waals surface area (Å²) < 4.78 is 0. The van der Waals surface area contributed by atoms with Crippen molar-refractivity contribution in [3.8, 4) is 0 Å². The minimum Gasteiger partial charge on any atom is -0.332 e. The van der Waals surface area contributed by atoms with Crippen LogP contribution in [0.2, 0.25) is 0 Å². The summed E-state index contributed by atoms with van der Waals surface area (Å²) in [5.74, 6) is 0. The van der Waals surface area contributed by atoms with Crippen molar-refractivity contribution in [1.29, 1.82) is 0 Å². The molecule has 0 atom stereocenters. The number of unbranched alkanes of at least 4 members (excludes halogenated alkanes) is 16. The van der Waals surface area contributed by atoms with Gasteiger partial charge in [-0.15, -0.1) is 0 Å². The van der Waals surface area contributed by atoms with E-state index in [9.17, 15) is 0 Å². The Balaban J connectivity index is 4.09. The molecule has 0 bridgehead atoms. The van der Waals surface area contributed by atoms with Crippen LogP contribution in [0.25, 0.3) is 0 Å². The molecule has 0 rings (SSSR count). The molecular weight excluding hydrogens is 350 g/mol. The Morgan fingerprint density at radius 3 is 1.00 bits per heavy atom. The predicted molar refractivity (Wildman–Crippen MR) is 134 cm³/mol. The highest BCUT2D eigenvalue weighted by Crippen LogP contribution is 2.11. The van der Waals surface area contributed by atoms with Gasteiger partial charge in [0.15, 0.2) is 0 Å². The Morgan fingerprint density at radius 1 is 0.379 bits per heavy atom. The van der Waals surface area contributed by atoms with Crippen LogP contribution in [0.4, 0.5) is 0 Å². The van der Waals surface area contributed by atoms with Gasteiger partial charge >= 0.3 is 0 Å². The Bertz CT molecular complexity index is 358. The highest BCUT2D eigenvalue weighted by molar-refractivity contribution is 4.99. The summed E-state index contributed by atoms with van der Waals surface area (Å²) in [4.78, 5) is 2.27. The lowest BCUT2D eigenvalue weighted by molar-refractivity contribution is 0.576. The van der Waals surface area contributed by atoms with E-state index in [2.05, 4.69) is 62.5 Å². The average molecular weight is 404 g/mol. The van der Waals surface area contributed by atoms with Gasteiger partial charge in [0.2, 0.25) is 0 Å². The lowest BCUT2D eigenvalue weighted by Crippen LogP contribution is -1.99. The maximum atomic E-state index is 2.36. The Labute approximate surface area is 184 Å². The fourth-order valence-electron chi connectivity index (χ4n) is 3.51. The standard InChI is InChI=1S/C28H53N/c1-4-7-10-13-16-17-18-19-22-25-28-29(26-23-20-14-11-8-5-2)27-24-21-15-12-9-6-3/h23-28H,4-22H2,1-3H3. The minimum atomic E-state index is 1.20. The molecule has 0 spiro atoms. The van der Waals surface area contributed by atoms with Crippen molar-refractivity contribution in [2.45, 2.75) is 143 Å². The summed E-state index contributed by atoms with van der Waals surface area (Å²) in [7, 11) is 0. The van der Waals surface area contributed by atoms with Gasteiger partial charge in [0.1, 0.15) is 0 Å². The Morgan fingerprint density at radius 2 is 0.655 bits per heavy atom. The third-order valence-corrected chi connectivity index (χ3v) is 5.51. The topological polar surface area (TPSA) is 3.24 Å². The normalized spacial score (nSPS) is 12.1. The summed E-state index contributed by atoms with van der Waals surface area (Å²) >= 11 is 0. The number of allylic oxidation sites excluding steroid dienone is 3. The summed E-state index contributed by atoms with van der Waals surface area (Å²) in [6.07, 6.45) is 39.4. The van der Waals surface area contributed by atoms with E-state index in [1.54, 1.807) is 0 Å². The van der Waals surface area contributed by atoms with Gasteiger partial charge in [0.05, 0.1) is 0 Å². The van der Waals surface area contributed by atoms with Crippen LogP contribution in [0.5, 0.6) is 0 Å². The van der Waals surface area contributed by atoms with Gasteiger partial charge in [-0.25, -0.2) is 0 Å². The number of hydrogen-bond acceptors (Lipinski definition) is 1. The average Bonchev–Trinajstić information content (AvgIpc) is 2.73. The highest BCUT2D eigenvalue weighted by atomic mass is 15.1. The molecule has 0 aromatic carbocycles. The first kappa shape index (κ1) is 28.0. The molecule has 0 heterocycles. The molecule has 0 N–H and O–H groups in total. The van der Waals surface area contributed by atoms with Crippen LogP contribution in [0.1, 0.15) is 143 Å². The SMILES string of the molecule is CCCCCCC=CN(C=CCCCCCC)C=CCCCCCCCCCC. The molecule has 1 nitrogen and oxygen atoms in total. The third kappa shape index (κ3) is 23.2. The van der Waals surface area contributed by atoms with Gasteiger partial charge in [-0.05, 0) is 38.5 Å². The zero-order valence-corrected chi connectivity index (χ0v) is 20.3. The number of nitrogens with zero attached hydrogens (tertiary/aromatic N) is 1. The molecule has 0 saturated heterocycles. The second-order valence-corrected chi connectivity index (χ2v) is 8.56. The quantitative estimate of drug-likeness (QED) is 0.162. The molecule has 0 aromatic heterocycles. The molecule has 0 aromatic rings. The van der Waals surface area contributed by atoms with Crippen LogP contribution in [-0.2, 0) is 0 Å². The van der Waals surface area contributed by atoms with Gasteiger partial charge in [-0.3, -0.25) is 0 Å². The van der Waals surface area contributed by atoms with Crippen molar-refractivity contribution in [2.24, 2.45) is 0 Å². The lowest BCUT2D eigenvalue weighted by Gasteiger charge is -2.10. The van der Waals surface area contributed by atoms with Crippen molar-refractivity contribution in [1.82, 2.24) is 4.90 Å². The first-order valence-corrected chi connectivity index (χ1v) is 13.1. The first-order chi connectivity index (χ1) is 14.3. The van der Waals surface area contributed by atoms with E-state index < -0.39 is 0 Å². The molecule has 0 aliphatic rings. The smallest absolute Gasteiger partial charge is 0.00417 e. The van der Waals surface area contributed by atoms with Crippen LogP contribution in [0.15, 0.2) is 36.8 Å². The van der Waals surface area contributed by atoms with Crippen molar-refractivity contribution in [2.75, 3.05) is 0 Å². The molecule has 170 valence electrons. The molecule has 0 aliphatic carbocycles. The molecular formula is C28H53N. The van der Waals surface area contributed by atoms with Gasteiger partial charge < -0.3 is 4.90 Å². The molecule has 0 fully saturated rings. The van der Waals surface area contributed by atoms with Crippen molar-refractivity contribution in [3.05, 3.63) is 36.8 Å². The molecule has 0 saturated carbocycles. The van der Waals surface area contributed by atoms with Crippen molar-refractivity contribution in [3.63, 3.8) is 0 Å². The first-order valence-electron chi connectivity index (χ1n) is 13.1. The zero-order chi connectivity index (χ0) is 21.3. The van der Waals surface area contributed by atoms with Gasteiger partial charge in [0.25, 0.3) is 0 Å². The van der Waals surface area contributed by atoms with Crippen LogP contribution < -0.4 is 0 Å². The molecule has 0 aliphatic heterocycles. The molecule has 29 heavy (non-hydrogen) atoms. The summed E-state index contributed by atoms with van der Waals surface area (Å²) in [6, 6.07) is 0. The Kier molecular flexibility index (Phi) is 24.2. The van der Waals surface area contributed by atoms with Crippen LogP contribution in [0.3, 0.4) is 0 Å². The lowest BCUT2D eigenvalue weighted by atomic mass is 10.1. The largest absolute Gasteiger partial charge is 0.332 e. The number of rotatable bonds is 22. The molecule has 1 heteroatoms. The van der Waals surface area contributed by atoms with E-state index in [0.29, 0.717) is 0 Å². The van der Waals surface area contributed by atoms with Crippen LogP contribution in [0, 0.1) is 0 Å². The van der Waals surface area contributed by atoms with Gasteiger partial charge in [-0.1, -0.05) is 122 Å². The van der Waals surface area contributed by atoms with E-state index in [1.807, 2.05) is 0 Å². The predicted octanol–water partition coefficient (Wildman–Crippen LogP) is 10.3. The summed E-state index contributed by atoms with van der Waals surface area (Å²) in [5, 5.41) is 0. The van der Waals surface area contributed by atoms with Crippen molar-refractivity contribution >= 4 is 0 Å². The van der Waals surface area contributed by atoms with Gasteiger partial charge in [-0.2, -0.15) is 0 Å². The van der Waals surface area contributed by atoms with Gasteiger partial charge in [0, 0.05) is 18.6 Å². The highest BCUT2D eigenvalue weighted by Gasteiger charge is 1.92. The minimum absolute atomic E-state index is 1.20. The zero-order valence-electron chi connectivity index (χ0n) is 20.3. The van der Waals surface area contributed by atoms with Crippen LogP contribution in [-0.4, -0.2) is 4.90 Å². The van der Waals surface area contributed by atoms with E-state index in [4.69, 9.17) is 0 Å². The summed E-state index contributed by atoms with van der Waals surface area (Å²) in [6.45, 7) is 6.85. The monoisotopic (exact) mass is 403 g/mol. The second kappa shape index (κ2) is 25.1. The van der Waals surface area contributed by atoms with E-state index in [0.717, 1.165) is 0 Å². The van der Waals surface area contributed by atoms with E-state index >= 15 is 0 Å². The maximum Gasteiger partial charge on any atom is 0.00417 e. The van der Waals surface area contributed by atoms with Crippen molar-refractivity contribution < 1.29 is 0 Å². The maximum absolute atomic E-state index is 2.36. The molecule has 0 amide bonds. The molecule has 0 radical (unpaired) electrons. The van der Waals surface area contributed by atoms with E-state index in [-0.39, 0.29) is 0 Å². The fourth-order valence-corrected chi connectivity index (χ4v) is 3.51. The van der Waals surface area contributed by atoms with Crippen LogP contribution >= 0.6 is 0 Å². The second-order valence-electron chi connectivity index (χ2n) is 8.56. The Hall–Kier alpha value is -0.980. The third-order valence-electron chi connectivity index (χ3n) is 5.51.